The van der Waals surface area contributed by atoms with Gasteiger partial charge in [0.15, 0.2) is 0 Å². The van der Waals surface area contributed by atoms with Crippen molar-refractivity contribution in [1.82, 2.24) is 16.2 Å². The molecular formula is C25H36N4. The van der Waals surface area contributed by atoms with Gasteiger partial charge in [0.1, 0.15) is 5.84 Å². The Balaban J connectivity index is 1.87. The Hall–Kier alpha value is -2.59. The number of aliphatic imine (C=N–C) groups is 1. The summed E-state index contributed by atoms with van der Waals surface area (Å²) in [4.78, 5) is 4.75. The smallest absolute Gasteiger partial charge is 0.100 e. The van der Waals surface area contributed by atoms with E-state index in [9.17, 15) is 0 Å². The number of allylic oxidation sites excluding steroid dienone is 8. The second-order valence-corrected chi connectivity index (χ2v) is 7.13. The van der Waals surface area contributed by atoms with Crippen molar-refractivity contribution in [2.45, 2.75) is 46.5 Å². The first kappa shape index (κ1) is 22.7. The molecule has 0 saturated heterocycles. The van der Waals surface area contributed by atoms with Crippen molar-refractivity contribution < 1.29 is 0 Å². The molecule has 1 aliphatic heterocycles. The third-order valence-corrected chi connectivity index (χ3v) is 4.87. The minimum Gasteiger partial charge on any atom is -0.350 e. The maximum atomic E-state index is 4.75. The normalized spacial score (nSPS) is 20.6. The van der Waals surface area contributed by atoms with Crippen LogP contribution in [0.5, 0.6) is 0 Å². The highest BCUT2D eigenvalue weighted by molar-refractivity contribution is 5.83. The molecule has 1 heterocycles. The molecule has 0 spiro atoms. The largest absolute Gasteiger partial charge is 0.350 e. The first-order valence-electron chi connectivity index (χ1n) is 10.7. The minimum absolute atomic E-state index is 0.540. The van der Waals surface area contributed by atoms with Crippen molar-refractivity contribution in [3.05, 3.63) is 83.8 Å². The average Bonchev–Trinajstić information content (AvgIpc) is 3.29. The molecule has 4 heteroatoms. The van der Waals surface area contributed by atoms with Gasteiger partial charge in [-0.3, -0.25) is 4.99 Å². The van der Waals surface area contributed by atoms with Gasteiger partial charge < -0.3 is 10.7 Å². The molecule has 1 unspecified atom stereocenters. The van der Waals surface area contributed by atoms with Gasteiger partial charge in [0.25, 0.3) is 0 Å². The van der Waals surface area contributed by atoms with Gasteiger partial charge in [-0.2, -0.15) is 0 Å². The molecule has 0 aromatic rings. The summed E-state index contributed by atoms with van der Waals surface area (Å²) >= 11 is 0. The Bertz CT molecular complexity index is 745. The highest BCUT2D eigenvalue weighted by Crippen LogP contribution is 2.18. The second kappa shape index (κ2) is 13.6. The van der Waals surface area contributed by atoms with E-state index in [2.05, 4.69) is 91.6 Å². The van der Waals surface area contributed by atoms with Crippen molar-refractivity contribution in [1.29, 1.82) is 0 Å². The summed E-state index contributed by atoms with van der Waals surface area (Å²) in [6, 6.07) is 0. The van der Waals surface area contributed by atoms with Crippen LogP contribution in [-0.2, 0) is 0 Å². The van der Waals surface area contributed by atoms with Gasteiger partial charge in [-0.1, -0.05) is 62.5 Å². The number of nitrogens with zero attached hydrogens (tertiary/aromatic N) is 1. The second-order valence-electron chi connectivity index (χ2n) is 7.13. The molecule has 4 nitrogen and oxygen atoms in total. The van der Waals surface area contributed by atoms with Crippen LogP contribution in [-0.4, -0.2) is 18.9 Å². The zero-order valence-electron chi connectivity index (χ0n) is 18.1. The maximum absolute atomic E-state index is 4.75. The lowest BCUT2D eigenvalue weighted by Crippen LogP contribution is -2.20. The fourth-order valence-electron chi connectivity index (χ4n) is 3.10. The third kappa shape index (κ3) is 8.53. The Morgan fingerprint density at radius 2 is 2.21 bits per heavy atom. The van der Waals surface area contributed by atoms with E-state index in [1.165, 1.54) is 16.7 Å². The number of hydrogen-bond donors (Lipinski definition) is 3. The lowest BCUT2D eigenvalue weighted by molar-refractivity contribution is 0.722. The number of rotatable bonds is 10. The van der Waals surface area contributed by atoms with Crippen molar-refractivity contribution in [3.8, 4) is 0 Å². The van der Waals surface area contributed by atoms with Crippen molar-refractivity contribution in [2.75, 3.05) is 13.1 Å². The van der Waals surface area contributed by atoms with Crippen molar-refractivity contribution >= 4 is 5.84 Å². The summed E-state index contributed by atoms with van der Waals surface area (Å²) in [5.41, 5.74) is 10.1. The van der Waals surface area contributed by atoms with Gasteiger partial charge >= 0.3 is 0 Å². The fraction of sp³-hybridized carbons (Fsp3) is 0.400. The molecule has 2 aliphatic rings. The SMILES string of the molecule is C/C=C\C/C(=C\C=C\N/C(CC)=N/CC1=CCC(/C=C\CC)C=C1)C1=CNNC1. The van der Waals surface area contributed by atoms with E-state index in [-0.39, 0.29) is 0 Å². The van der Waals surface area contributed by atoms with Crippen molar-refractivity contribution in [3.63, 3.8) is 0 Å². The van der Waals surface area contributed by atoms with Crippen LogP contribution in [0, 0.1) is 5.92 Å². The Labute approximate surface area is 176 Å². The molecular weight excluding hydrogens is 356 g/mol. The zero-order chi connectivity index (χ0) is 20.7. The maximum Gasteiger partial charge on any atom is 0.100 e. The van der Waals surface area contributed by atoms with Crippen LogP contribution in [0.3, 0.4) is 0 Å². The molecule has 0 aromatic heterocycles. The quantitative estimate of drug-likeness (QED) is 0.206. The van der Waals surface area contributed by atoms with Crippen LogP contribution < -0.4 is 16.2 Å². The fourth-order valence-corrected chi connectivity index (χ4v) is 3.10. The molecule has 0 saturated carbocycles. The summed E-state index contributed by atoms with van der Waals surface area (Å²) in [6.07, 6.45) is 27.8. The number of hydrazine groups is 1. The van der Waals surface area contributed by atoms with E-state index < -0.39 is 0 Å². The molecule has 2 rings (SSSR count). The minimum atomic E-state index is 0.540. The van der Waals surface area contributed by atoms with Crippen molar-refractivity contribution in [2.24, 2.45) is 10.9 Å². The molecule has 3 N–H and O–H groups in total. The van der Waals surface area contributed by atoms with Gasteiger partial charge in [-0.15, -0.1) is 0 Å². The van der Waals surface area contributed by atoms with Crippen LogP contribution in [0.2, 0.25) is 0 Å². The topological polar surface area (TPSA) is 48.5 Å². The molecule has 29 heavy (non-hydrogen) atoms. The summed E-state index contributed by atoms with van der Waals surface area (Å²) in [5.74, 6) is 1.55. The van der Waals surface area contributed by atoms with Crippen LogP contribution in [0.15, 0.2) is 88.8 Å². The summed E-state index contributed by atoms with van der Waals surface area (Å²) < 4.78 is 0. The Morgan fingerprint density at radius 1 is 1.31 bits per heavy atom. The summed E-state index contributed by atoms with van der Waals surface area (Å²) in [7, 11) is 0. The van der Waals surface area contributed by atoms with Gasteiger partial charge in [0.05, 0.1) is 6.54 Å². The molecule has 0 bridgehead atoms. The van der Waals surface area contributed by atoms with E-state index >= 15 is 0 Å². The van der Waals surface area contributed by atoms with Gasteiger partial charge in [-0.25, -0.2) is 5.43 Å². The number of amidine groups is 1. The summed E-state index contributed by atoms with van der Waals surface area (Å²) in [5, 5.41) is 3.34. The molecule has 0 amide bonds. The van der Waals surface area contributed by atoms with Gasteiger partial charge in [-0.05, 0) is 54.9 Å². The summed E-state index contributed by atoms with van der Waals surface area (Å²) in [6.45, 7) is 7.94. The van der Waals surface area contributed by atoms with Gasteiger partial charge in [0, 0.05) is 25.4 Å². The van der Waals surface area contributed by atoms with E-state index in [4.69, 9.17) is 4.99 Å². The molecule has 1 atom stereocenters. The number of nitrogens with one attached hydrogen (secondary N) is 3. The van der Waals surface area contributed by atoms with Crippen LogP contribution in [0.4, 0.5) is 0 Å². The molecule has 0 aromatic carbocycles. The monoisotopic (exact) mass is 392 g/mol. The molecule has 0 radical (unpaired) electrons. The van der Waals surface area contributed by atoms with Crippen LogP contribution in [0.1, 0.15) is 46.5 Å². The highest BCUT2D eigenvalue weighted by Gasteiger charge is 2.07. The average molecular weight is 393 g/mol. The number of hydrogen-bond acceptors (Lipinski definition) is 3. The van der Waals surface area contributed by atoms with E-state index in [1.807, 2.05) is 12.4 Å². The van der Waals surface area contributed by atoms with Crippen LogP contribution >= 0.6 is 0 Å². The molecule has 1 aliphatic carbocycles. The van der Waals surface area contributed by atoms with E-state index in [1.54, 1.807) is 0 Å². The molecule has 156 valence electrons. The lowest BCUT2D eigenvalue weighted by Gasteiger charge is -2.12. The predicted octanol–water partition coefficient (Wildman–Crippen LogP) is 5.25. The zero-order valence-corrected chi connectivity index (χ0v) is 18.1. The van der Waals surface area contributed by atoms with E-state index in [0.717, 1.165) is 44.6 Å². The predicted molar refractivity (Wildman–Crippen MR) is 126 cm³/mol. The lowest BCUT2D eigenvalue weighted by atomic mass is 9.96. The van der Waals surface area contributed by atoms with Gasteiger partial charge in [0.2, 0.25) is 0 Å². The first-order chi connectivity index (χ1) is 14.3. The van der Waals surface area contributed by atoms with E-state index in [0.29, 0.717) is 5.92 Å². The Morgan fingerprint density at radius 3 is 2.86 bits per heavy atom. The Kier molecular flexibility index (Phi) is 10.6. The molecule has 0 fully saturated rings. The highest BCUT2D eigenvalue weighted by atomic mass is 15.4. The first-order valence-corrected chi connectivity index (χ1v) is 10.7. The standard InChI is InChI=1S/C25H36N4/c1-4-7-10-21-13-15-22(16-14-21)18-27-25(6-3)26-17-9-12-23(11-8-5-2)24-19-28-29-20-24/h5,7-10,12-13,15-17,19,21,28-29H,4,6,11,14,18,20H2,1-3H3,(H,26,27)/b8-5-,10-7-,17-9+,23-12+. The third-order valence-electron chi connectivity index (χ3n) is 4.87. The van der Waals surface area contributed by atoms with Crippen LogP contribution in [0.25, 0.3) is 0 Å².